The monoisotopic (exact) mass is 599 g/mol. The van der Waals surface area contributed by atoms with Crippen molar-refractivity contribution >= 4 is 17.9 Å². The molecule has 0 amide bonds. The quantitative estimate of drug-likeness (QED) is 0.0471. The molecule has 0 N–H and O–H groups in total. The normalized spacial score (nSPS) is 11.1. The fourth-order valence-electron chi connectivity index (χ4n) is 4.95. The second-order valence-corrected chi connectivity index (χ2v) is 11.5. The predicted molar refractivity (Wildman–Crippen MR) is 183 cm³/mol. The Morgan fingerprint density at radius 1 is 0.591 bits per heavy atom. The average Bonchev–Trinajstić information content (AvgIpc) is 3.05. The van der Waals surface area contributed by atoms with E-state index in [-0.39, 0.29) is 0 Å². The fraction of sp³-hybridized carbons (Fsp3) is 0.487. The molecule has 238 valence electrons. The van der Waals surface area contributed by atoms with Crippen LogP contribution in [0, 0.1) is 0 Å². The summed E-state index contributed by atoms with van der Waals surface area (Å²) in [5.41, 5.74) is 2.24. The SMILES string of the molecule is CCCCCCCCCCOc1cccc(N=Cc2ccc(OC(=O)c3ccc(OCCCCCCCCC)cc3)cc2)c1. The van der Waals surface area contributed by atoms with Crippen molar-refractivity contribution in [3.05, 3.63) is 83.9 Å². The topological polar surface area (TPSA) is 57.1 Å². The first-order chi connectivity index (χ1) is 21.7. The molecule has 3 aromatic carbocycles. The zero-order chi connectivity index (χ0) is 31.1. The average molecular weight is 600 g/mol. The number of hydrogen-bond acceptors (Lipinski definition) is 5. The van der Waals surface area contributed by atoms with Gasteiger partial charge in [-0.05, 0) is 79.1 Å². The van der Waals surface area contributed by atoms with Gasteiger partial charge in [0.2, 0.25) is 0 Å². The number of nitrogens with zero attached hydrogens (tertiary/aromatic N) is 1. The number of carbonyl (C=O) groups is 1. The van der Waals surface area contributed by atoms with E-state index in [4.69, 9.17) is 14.2 Å². The molecule has 5 heteroatoms. The predicted octanol–water partition coefficient (Wildman–Crippen LogP) is 11.3. The molecule has 0 fully saturated rings. The Morgan fingerprint density at radius 2 is 1.11 bits per heavy atom. The second kappa shape index (κ2) is 22.0. The summed E-state index contributed by atoms with van der Waals surface area (Å²) in [6.07, 6.45) is 20.9. The molecular formula is C39H53NO4. The van der Waals surface area contributed by atoms with E-state index >= 15 is 0 Å². The van der Waals surface area contributed by atoms with Gasteiger partial charge in [0, 0.05) is 12.3 Å². The Labute approximate surface area is 266 Å². The van der Waals surface area contributed by atoms with E-state index in [1.165, 1.54) is 83.5 Å². The third kappa shape index (κ3) is 14.7. The molecule has 0 unspecified atom stereocenters. The van der Waals surface area contributed by atoms with Gasteiger partial charge in [0.1, 0.15) is 17.2 Å². The lowest BCUT2D eigenvalue weighted by Gasteiger charge is -2.08. The third-order valence-electron chi connectivity index (χ3n) is 7.64. The first-order valence-electron chi connectivity index (χ1n) is 17.0. The first kappa shape index (κ1) is 34.9. The number of hydrogen-bond donors (Lipinski definition) is 0. The largest absolute Gasteiger partial charge is 0.494 e. The van der Waals surface area contributed by atoms with Gasteiger partial charge >= 0.3 is 5.97 Å². The number of unbranched alkanes of at least 4 members (excludes halogenated alkanes) is 13. The van der Waals surface area contributed by atoms with Crippen molar-refractivity contribution in [1.82, 2.24) is 0 Å². The molecule has 3 rings (SSSR count). The van der Waals surface area contributed by atoms with Crippen LogP contribution in [0.1, 0.15) is 126 Å². The molecule has 0 radical (unpaired) electrons. The van der Waals surface area contributed by atoms with Crippen LogP contribution in [0.4, 0.5) is 5.69 Å². The minimum Gasteiger partial charge on any atom is -0.494 e. The van der Waals surface area contributed by atoms with Gasteiger partial charge in [-0.15, -0.1) is 0 Å². The molecule has 0 atom stereocenters. The molecular weight excluding hydrogens is 546 g/mol. The van der Waals surface area contributed by atoms with E-state index in [0.29, 0.717) is 17.9 Å². The summed E-state index contributed by atoms with van der Waals surface area (Å²) in [6.45, 7) is 5.93. The number of benzene rings is 3. The third-order valence-corrected chi connectivity index (χ3v) is 7.64. The summed E-state index contributed by atoms with van der Waals surface area (Å²) >= 11 is 0. The van der Waals surface area contributed by atoms with Crippen LogP contribution in [0.25, 0.3) is 0 Å². The number of rotatable bonds is 23. The zero-order valence-electron chi connectivity index (χ0n) is 27.1. The lowest BCUT2D eigenvalue weighted by Crippen LogP contribution is -2.08. The highest BCUT2D eigenvalue weighted by Crippen LogP contribution is 2.21. The van der Waals surface area contributed by atoms with Gasteiger partial charge in [-0.1, -0.05) is 103 Å². The zero-order valence-corrected chi connectivity index (χ0v) is 27.1. The van der Waals surface area contributed by atoms with Crippen LogP contribution in [0.5, 0.6) is 17.2 Å². The Balaban J connectivity index is 1.35. The number of ether oxygens (including phenoxy) is 3. The number of carbonyl (C=O) groups excluding carboxylic acids is 1. The van der Waals surface area contributed by atoms with Crippen molar-refractivity contribution in [3.8, 4) is 17.2 Å². The van der Waals surface area contributed by atoms with E-state index in [1.807, 2.05) is 48.5 Å². The maximum Gasteiger partial charge on any atom is 0.343 e. The molecule has 0 spiro atoms. The maximum atomic E-state index is 12.6. The van der Waals surface area contributed by atoms with Gasteiger partial charge in [0.15, 0.2) is 0 Å². The number of aliphatic imine (C=N–C) groups is 1. The van der Waals surface area contributed by atoms with E-state index in [2.05, 4.69) is 18.8 Å². The summed E-state index contributed by atoms with van der Waals surface area (Å²) in [7, 11) is 0. The minimum absolute atomic E-state index is 0.395. The summed E-state index contributed by atoms with van der Waals surface area (Å²) < 4.78 is 17.4. The van der Waals surface area contributed by atoms with Crippen molar-refractivity contribution in [3.63, 3.8) is 0 Å². The van der Waals surface area contributed by atoms with E-state index in [1.54, 1.807) is 30.5 Å². The summed E-state index contributed by atoms with van der Waals surface area (Å²) in [6, 6.07) is 22.3. The first-order valence-corrected chi connectivity index (χ1v) is 17.0. The fourth-order valence-corrected chi connectivity index (χ4v) is 4.95. The molecule has 0 aromatic heterocycles. The van der Waals surface area contributed by atoms with Crippen molar-refractivity contribution in [2.24, 2.45) is 4.99 Å². The van der Waals surface area contributed by atoms with Gasteiger partial charge in [-0.2, -0.15) is 0 Å². The standard InChI is InChI=1S/C39H53NO4/c1-3-5-7-9-11-13-15-17-30-43-38-20-18-19-35(31-38)40-32-33-21-25-37(26-22-33)44-39(41)34-23-27-36(28-24-34)42-29-16-14-12-10-8-6-4-2/h18-28,31-32H,3-17,29-30H2,1-2H3. The van der Waals surface area contributed by atoms with Crippen LogP contribution in [0.15, 0.2) is 77.8 Å². The van der Waals surface area contributed by atoms with Crippen LogP contribution >= 0.6 is 0 Å². The van der Waals surface area contributed by atoms with Crippen molar-refractivity contribution in [1.29, 1.82) is 0 Å². The lowest BCUT2D eigenvalue weighted by atomic mass is 10.1. The van der Waals surface area contributed by atoms with E-state index in [0.717, 1.165) is 42.2 Å². The molecule has 0 bridgehead atoms. The molecule has 0 aliphatic carbocycles. The molecule has 0 aliphatic rings. The molecule has 0 saturated carbocycles. The summed E-state index contributed by atoms with van der Waals surface area (Å²) in [5.74, 6) is 1.71. The van der Waals surface area contributed by atoms with Crippen molar-refractivity contribution in [2.75, 3.05) is 13.2 Å². The van der Waals surface area contributed by atoms with Crippen LogP contribution in [0.2, 0.25) is 0 Å². The Kier molecular flexibility index (Phi) is 17.4. The Morgan fingerprint density at radius 3 is 1.70 bits per heavy atom. The second-order valence-electron chi connectivity index (χ2n) is 11.5. The van der Waals surface area contributed by atoms with Gasteiger partial charge in [0.05, 0.1) is 24.5 Å². The van der Waals surface area contributed by atoms with E-state index < -0.39 is 5.97 Å². The van der Waals surface area contributed by atoms with E-state index in [9.17, 15) is 4.79 Å². The smallest absolute Gasteiger partial charge is 0.343 e. The molecule has 0 heterocycles. The molecule has 5 nitrogen and oxygen atoms in total. The van der Waals surface area contributed by atoms with Crippen molar-refractivity contribution < 1.29 is 19.0 Å². The molecule has 3 aromatic rings. The molecule has 0 aliphatic heterocycles. The molecule has 0 saturated heterocycles. The van der Waals surface area contributed by atoms with Crippen LogP contribution < -0.4 is 14.2 Å². The van der Waals surface area contributed by atoms with Gasteiger partial charge in [-0.25, -0.2) is 4.79 Å². The van der Waals surface area contributed by atoms with Gasteiger partial charge in [0.25, 0.3) is 0 Å². The molecule has 44 heavy (non-hydrogen) atoms. The van der Waals surface area contributed by atoms with Crippen molar-refractivity contribution in [2.45, 2.75) is 110 Å². The Bertz CT molecular complexity index is 1200. The Hall–Kier alpha value is -3.60. The summed E-state index contributed by atoms with van der Waals surface area (Å²) in [4.78, 5) is 17.2. The van der Waals surface area contributed by atoms with Crippen LogP contribution in [-0.4, -0.2) is 25.4 Å². The maximum absolute atomic E-state index is 12.6. The van der Waals surface area contributed by atoms with Gasteiger partial charge in [-0.3, -0.25) is 4.99 Å². The number of esters is 1. The van der Waals surface area contributed by atoms with Gasteiger partial charge < -0.3 is 14.2 Å². The highest BCUT2D eigenvalue weighted by atomic mass is 16.5. The van der Waals surface area contributed by atoms with Crippen LogP contribution in [0.3, 0.4) is 0 Å². The lowest BCUT2D eigenvalue weighted by molar-refractivity contribution is 0.0734. The van der Waals surface area contributed by atoms with Crippen LogP contribution in [-0.2, 0) is 0 Å². The highest BCUT2D eigenvalue weighted by Gasteiger charge is 2.09. The summed E-state index contributed by atoms with van der Waals surface area (Å²) in [5, 5.41) is 0. The minimum atomic E-state index is -0.395. The highest BCUT2D eigenvalue weighted by molar-refractivity contribution is 5.91.